The fourth-order valence-electron chi connectivity index (χ4n) is 2.07. The van der Waals surface area contributed by atoms with E-state index < -0.39 is 0 Å². The molecule has 0 radical (unpaired) electrons. The second-order valence-electron chi connectivity index (χ2n) is 4.96. The number of hydrogen-bond donors (Lipinski definition) is 0. The molecular formula is C13H16O3. The number of aryl methyl sites for hydroxylation is 2. The normalized spacial score (nSPS) is 18.3. The fourth-order valence-corrected chi connectivity index (χ4v) is 2.07. The van der Waals surface area contributed by atoms with Gasteiger partial charge in [0.15, 0.2) is 5.78 Å². The van der Waals surface area contributed by atoms with Gasteiger partial charge in [-0.3, -0.25) is 4.79 Å². The van der Waals surface area contributed by atoms with Gasteiger partial charge in [-0.05, 0) is 18.9 Å². The highest BCUT2D eigenvalue weighted by Gasteiger charge is 2.35. The summed E-state index contributed by atoms with van der Waals surface area (Å²) in [5.74, 6) is 0.652. The Bertz CT molecular complexity index is 494. The van der Waals surface area contributed by atoms with Crippen LogP contribution < -0.4 is 5.63 Å². The third kappa shape index (κ3) is 1.60. The molecule has 16 heavy (non-hydrogen) atoms. The van der Waals surface area contributed by atoms with Crippen molar-refractivity contribution < 1.29 is 9.21 Å². The zero-order chi connectivity index (χ0) is 11.9. The second kappa shape index (κ2) is 3.58. The molecule has 0 atom stereocenters. The first-order valence-electron chi connectivity index (χ1n) is 5.66. The van der Waals surface area contributed by atoms with Gasteiger partial charge in [-0.1, -0.05) is 20.8 Å². The molecule has 0 unspecified atom stereocenters. The van der Waals surface area contributed by atoms with E-state index in [9.17, 15) is 9.59 Å². The third-order valence-corrected chi connectivity index (χ3v) is 3.31. The van der Waals surface area contributed by atoms with Gasteiger partial charge in [0.05, 0.1) is 5.56 Å². The molecule has 0 spiro atoms. The summed E-state index contributed by atoms with van der Waals surface area (Å²) in [6.07, 6.45) is 2.02. The standard InChI is InChI=1S/C13H16O3/c1-4-8-7-9-10(16-12(8)15)5-6-13(2,3)11(9)14/h7H,4-6H2,1-3H3. The van der Waals surface area contributed by atoms with E-state index in [0.717, 1.165) is 6.42 Å². The van der Waals surface area contributed by atoms with Crippen LogP contribution in [0.25, 0.3) is 0 Å². The van der Waals surface area contributed by atoms with Crippen molar-refractivity contribution in [2.45, 2.75) is 40.0 Å². The lowest BCUT2D eigenvalue weighted by Gasteiger charge is -2.28. The summed E-state index contributed by atoms with van der Waals surface area (Å²) in [5, 5.41) is 0. The van der Waals surface area contributed by atoms with Crippen LogP contribution in [0, 0.1) is 5.41 Å². The van der Waals surface area contributed by atoms with Crippen LogP contribution in [0.2, 0.25) is 0 Å². The maximum absolute atomic E-state index is 12.2. The molecule has 0 fully saturated rings. The first kappa shape index (κ1) is 11.1. The number of fused-ring (bicyclic) bond motifs is 1. The molecule has 1 aliphatic carbocycles. The Morgan fingerprint density at radius 3 is 2.69 bits per heavy atom. The number of ketones is 1. The molecule has 86 valence electrons. The topological polar surface area (TPSA) is 47.3 Å². The predicted molar refractivity (Wildman–Crippen MR) is 60.8 cm³/mol. The van der Waals surface area contributed by atoms with Crippen molar-refractivity contribution >= 4 is 5.78 Å². The minimum Gasteiger partial charge on any atom is -0.427 e. The van der Waals surface area contributed by atoms with Crippen LogP contribution >= 0.6 is 0 Å². The lowest BCUT2D eigenvalue weighted by molar-refractivity contribution is 0.0799. The average molecular weight is 220 g/mol. The van der Waals surface area contributed by atoms with Crippen LogP contribution in [-0.4, -0.2) is 5.78 Å². The first-order valence-corrected chi connectivity index (χ1v) is 5.66. The van der Waals surface area contributed by atoms with Crippen LogP contribution in [0.15, 0.2) is 15.3 Å². The lowest BCUT2D eigenvalue weighted by Crippen LogP contribution is -2.31. The quantitative estimate of drug-likeness (QED) is 0.730. The van der Waals surface area contributed by atoms with E-state index in [0.29, 0.717) is 29.7 Å². The van der Waals surface area contributed by atoms with Gasteiger partial charge in [-0.25, -0.2) is 4.79 Å². The van der Waals surface area contributed by atoms with Crippen LogP contribution in [0.3, 0.4) is 0 Å². The molecule has 0 saturated carbocycles. The Hall–Kier alpha value is -1.38. The highest BCUT2D eigenvalue weighted by molar-refractivity contribution is 6.01. The van der Waals surface area contributed by atoms with E-state index in [1.54, 1.807) is 6.07 Å². The average Bonchev–Trinajstić information content (AvgIpc) is 2.24. The van der Waals surface area contributed by atoms with Crippen molar-refractivity contribution in [3.63, 3.8) is 0 Å². The van der Waals surface area contributed by atoms with Crippen LogP contribution in [0.1, 0.15) is 48.9 Å². The monoisotopic (exact) mass is 220 g/mol. The molecule has 0 amide bonds. The summed E-state index contributed by atoms with van der Waals surface area (Å²) >= 11 is 0. The van der Waals surface area contributed by atoms with Crippen molar-refractivity contribution in [2.75, 3.05) is 0 Å². The molecule has 1 aromatic heterocycles. The summed E-state index contributed by atoms with van der Waals surface area (Å²) in [4.78, 5) is 23.7. The highest BCUT2D eigenvalue weighted by atomic mass is 16.4. The molecule has 2 rings (SSSR count). The molecule has 0 aliphatic heterocycles. The Kier molecular flexibility index (Phi) is 2.49. The predicted octanol–water partition coefficient (Wildman–Crippen LogP) is 2.36. The maximum Gasteiger partial charge on any atom is 0.339 e. The molecule has 3 nitrogen and oxygen atoms in total. The molecule has 1 aromatic rings. The molecular weight excluding hydrogens is 204 g/mol. The van der Waals surface area contributed by atoms with Crippen molar-refractivity contribution in [2.24, 2.45) is 5.41 Å². The smallest absolute Gasteiger partial charge is 0.339 e. The summed E-state index contributed by atoms with van der Waals surface area (Å²) in [5.41, 5.74) is 0.559. The lowest BCUT2D eigenvalue weighted by atomic mass is 9.75. The maximum atomic E-state index is 12.2. The first-order chi connectivity index (χ1) is 7.45. The Morgan fingerprint density at radius 2 is 2.06 bits per heavy atom. The molecule has 0 aromatic carbocycles. The minimum absolute atomic E-state index is 0.0900. The molecule has 0 saturated heterocycles. The van der Waals surface area contributed by atoms with Crippen LogP contribution in [0.5, 0.6) is 0 Å². The summed E-state index contributed by atoms with van der Waals surface area (Å²) in [6.45, 7) is 5.76. The van der Waals surface area contributed by atoms with Gasteiger partial charge in [-0.15, -0.1) is 0 Å². The highest BCUT2D eigenvalue weighted by Crippen LogP contribution is 2.34. The third-order valence-electron chi connectivity index (χ3n) is 3.31. The number of Topliss-reactive ketones (excluding diaryl/α,β-unsaturated/α-hetero) is 1. The Morgan fingerprint density at radius 1 is 1.38 bits per heavy atom. The SMILES string of the molecule is CCc1cc2c(oc1=O)CCC(C)(C)C2=O. The molecule has 3 heteroatoms. The van der Waals surface area contributed by atoms with Gasteiger partial charge in [0.25, 0.3) is 0 Å². The number of hydrogen-bond acceptors (Lipinski definition) is 3. The van der Waals surface area contributed by atoms with E-state index in [2.05, 4.69) is 0 Å². The van der Waals surface area contributed by atoms with E-state index >= 15 is 0 Å². The van der Waals surface area contributed by atoms with Gasteiger partial charge < -0.3 is 4.42 Å². The molecule has 1 heterocycles. The summed E-state index contributed by atoms with van der Waals surface area (Å²) < 4.78 is 5.21. The Balaban J connectivity index is 2.60. The van der Waals surface area contributed by atoms with Crippen molar-refractivity contribution in [3.8, 4) is 0 Å². The van der Waals surface area contributed by atoms with Crippen LogP contribution in [0.4, 0.5) is 0 Å². The zero-order valence-electron chi connectivity index (χ0n) is 9.92. The summed E-state index contributed by atoms with van der Waals surface area (Å²) in [6, 6.07) is 1.71. The Labute approximate surface area is 94.5 Å². The number of rotatable bonds is 1. The van der Waals surface area contributed by atoms with Gasteiger partial charge >= 0.3 is 5.63 Å². The molecule has 0 N–H and O–H groups in total. The van der Waals surface area contributed by atoms with Crippen molar-refractivity contribution in [3.05, 3.63) is 33.4 Å². The van der Waals surface area contributed by atoms with Gasteiger partial charge in [0, 0.05) is 17.4 Å². The van der Waals surface area contributed by atoms with Gasteiger partial charge in [0.2, 0.25) is 0 Å². The largest absolute Gasteiger partial charge is 0.427 e. The molecule has 0 bridgehead atoms. The van der Waals surface area contributed by atoms with E-state index in [-0.39, 0.29) is 16.8 Å². The van der Waals surface area contributed by atoms with Gasteiger partial charge in [-0.2, -0.15) is 0 Å². The van der Waals surface area contributed by atoms with Crippen molar-refractivity contribution in [1.82, 2.24) is 0 Å². The second-order valence-corrected chi connectivity index (χ2v) is 4.96. The minimum atomic E-state index is -0.335. The number of carbonyl (C=O) groups is 1. The van der Waals surface area contributed by atoms with E-state index in [4.69, 9.17) is 4.42 Å². The zero-order valence-corrected chi connectivity index (χ0v) is 9.92. The number of carbonyl (C=O) groups excluding carboxylic acids is 1. The summed E-state index contributed by atoms with van der Waals surface area (Å²) in [7, 11) is 0. The molecule has 1 aliphatic rings. The van der Waals surface area contributed by atoms with E-state index in [1.807, 2.05) is 20.8 Å². The van der Waals surface area contributed by atoms with E-state index in [1.165, 1.54) is 0 Å². The van der Waals surface area contributed by atoms with Crippen molar-refractivity contribution in [1.29, 1.82) is 0 Å². The van der Waals surface area contributed by atoms with Crippen LogP contribution in [-0.2, 0) is 12.8 Å². The van der Waals surface area contributed by atoms with Gasteiger partial charge in [0.1, 0.15) is 5.76 Å². The fraction of sp³-hybridized carbons (Fsp3) is 0.538.